The third-order valence-electron chi connectivity index (χ3n) is 3.71. The number of ether oxygens (including phenoxy) is 1. The van der Waals surface area contributed by atoms with Gasteiger partial charge in [0, 0.05) is 16.7 Å². The van der Waals surface area contributed by atoms with Crippen LogP contribution in [0.5, 0.6) is 11.5 Å². The van der Waals surface area contributed by atoms with E-state index in [1.807, 2.05) is 0 Å². The van der Waals surface area contributed by atoms with E-state index in [1.165, 1.54) is 18.2 Å². The number of rotatable bonds is 2. The zero-order chi connectivity index (χ0) is 16.7. The van der Waals surface area contributed by atoms with Gasteiger partial charge in [0.15, 0.2) is 23.1 Å². The van der Waals surface area contributed by atoms with Crippen LogP contribution in [0.4, 0.5) is 0 Å². The highest BCUT2D eigenvalue weighted by Crippen LogP contribution is 2.38. The molecule has 3 rings (SSSR count). The van der Waals surface area contributed by atoms with Gasteiger partial charge in [0.05, 0.1) is 11.5 Å². The zero-order valence-corrected chi connectivity index (χ0v) is 12.6. The van der Waals surface area contributed by atoms with E-state index in [1.54, 1.807) is 32.0 Å². The molecule has 1 N–H and O–H groups in total. The highest BCUT2D eigenvalue weighted by molar-refractivity contribution is 6.29. The lowest BCUT2D eigenvalue weighted by Crippen LogP contribution is -2.22. The first-order chi connectivity index (χ1) is 10.9. The average molecular weight is 310 g/mol. The molecule has 0 fully saturated rings. The number of carbonyl (C=O) groups is 3. The lowest BCUT2D eigenvalue weighted by atomic mass is 9.83. The van der Waals surface area contributed by atoms with E-state index in [2.05, 4.69) is 0 Å². The third-order valence-corrected chi connectivity index (χ3v) is 3.71. The van der Waals surface area contributed by atoms with Gasteiger partial charge in [0.2, 0.25) is 0 Å². The van der Waals surface area contributed by atoms with Crippen molar-refractivity contribution in [2.45, 2.75) is 13.8 Å². The van der Waals surface area contributed by atoms with Crippen LogP contribution in [0.15, 0.2) is 36.4 Å². The molecule has 5 heteroatoms. The molecule has 0 unspecified atom stereocenters. The first-order valence-electron chi connectivity index (χ1n) is 7.18. The quantitative estimate of drug-likeness (QED) is 0.581. The number of ketones is 2. The van der Waals surface area contributed by atoms with Crippen molar-refractivity contribution in [3.63, 3.8) is 0 Å². The number of phenolic OH excluding ortho intramolecular Hbond substituents is 1. The van der Waals surface area contributed by atoms with Crippen molar-refractivity contribution in [3.05, 3.63) is 58.7 Å². The molecule has 23 heavy (non-hydrogen) atoms. The van der Waals surface area contributed by atoms with Crippen LogP contribution in [0.1, 0.15) is 45.7 Å². The van der Waals surface area contributed by atoms with Gasteiger partial charge >= 0.3 is 5.97 Å². The summed E-state index contributed by atoms with van der Waals surface area (Å²) in [5, 5.41) is 10.3. The lowest BCUT2D eigenvalue weighted by molar-refractivity contribution is -0.137. The largest absolute Gasteiger partial charge is 0.504 e. The Morgan fingerprint density at radius 1 is 0.957 bits per heavy atom. The Morgan fingerprint density at radius 3 is 2.17 bits per heavy atom. The van der Waals surface area contributed by atoms with E-state index in [-0.39, 0.29) is 34.1 Å². The Morgan fingerprint density at radius 2 is 1.57 bits per heavy atom. The maximum Gasteiger partial charge on any atom is 0.313 e. The minimum Gasteiger partial charge on any atom is -0.504 e. The van der Waals surface area contributed by atoms with Gasteiger partial charge in [-0.1, -0.05) is 38.1 Å². The number of carbonyl (C=O) groups excluding carboxylic acids is 3. The summed E-state index contributed by atoms with van der Waals surface area (Å²) in [6.45, 7) is 3.31. The van der Waals surface area contributed by atoms with E-state index in [4.69, 9.17) is 4.74 Å². The number of hydrogen-bond donors (Lipinski definition) is 1. The van der Waals surface area contributed by atoms with Crippen LogP contribution in [0.2, 0.25) is 0 Å². The molecule has 0 spiro atoms. The molecule has 116 valence electrons. The molecule has 1 aliphatic rings. The van der Waals surface area contributed by atoms with E-state index in [0.717, 1.165) is 0 Å². The van der Waals surface area contributed by atoms with Crippen molar-refractivity contribution in [2.24, 2.45) is 5.92 Å². The van der Waals surface area contributed by atoms with Crippen LogP contribution in [0.25, 0.3) is 0 Å². The first kappa shape index (κ1) is 15.0. The maximum atomic E-state index is 12.6. The number of aromatic hydroxyl groups is 1. The Hall–Kier alpha value is -2.95. The second-order valence-electron chi connectivity index (χ2n) is 5.61. The van der Waals surface area contributed by atoms with Crippen molar-refractivity contribution in [1.29, 1.82) is 0 Å². The van der Waals surface area contributed by atoms with Crippen molar-refractivity contribution in [1.82, 2.24) is 0 Å². The molecule has 0 saturated carbocycles. The highest BCUT2D eigenvalue weighted by Gasteiger charge is 2.33. The van der Waals surface area contributed by atoms with Crippen molar-refractivity contribution in [2.75, 3.05) is 0 Å². The number of esters is 1. The SMILES string of the molecule is CC(C)C(=O)Oc1ccc2c(c1O)C(=O)c1ccccc1C2=O. The van der Waals surface area contributed by atoms with Gasteiger partial charge in [-0.2, -0.15) is 0 Å². The Balaban J connectivity index is 2.13. The molecule has 5 nitrogen and oxygen atoms in total. The van der Waals surface area contributed by atoms with Crippen LogP contribution < -0.4 is 4.74 Å². The molecule has 0 aliphatic heterocycles. The van der Waals surface area contributed by atoms with E-state index in [0.29, 0.717) is 5.56 Å². The topological polar surface area (TPSA) is 80.7 Å². The molecule has 0 amide bonds. The smallest absolute Gasteiger partial charge is 0.313 e. The van der Waals surface area contributed by atoms with E-state index < -0.39 is 17.5 Å². The van der Waals surface area contributed by atoms with Gasteiger partial charge in [-0.05, 0) is 12.1 Å². The Bertz CT molecular complexity index is 848. The minimum absolute atomic E-state index is 0.107. The van der Waals surface area contributed by atoms with E-state index in [9.17, 15) is 19.5 Å². The van der Waals surface area contributed by atoms with E-state index >= 15 is 0 Å². The maximum absolute atomic E-state index is 12.6. The second-order valence-corrected chi connectivity index (χ2v) is 5.61. The summed E-state index contributed by atoms with van der Waals surface area (Å²) in [5.74, 6) is -2.33. The molecular weight excluding hydrogens is 296 g/mol. The van der Waals surface area contributed by atoms with Crippen molar-refractivity contribution in [3.8, 4) is 11.5 Å². The summed E-state index contributed by atoms with van der Waals surface area (Å²) >= 11 is 0. The van der Waals surface area contributed by atoms with Crippen LogP contribution in [-0.2, 0) is 4.79 Å². The van der Waals surface area contributed by atoms with Gasteiger partial charge < -0.3 is 9.84 Å². The van der Waals surface area contributed by atoms with Crippen LogP contribution >= 0.6 is 0 Å². The van der Waals surface area contributed by atoms with Crippen LogP contribution in [-0.4, -0.2) is 22.6 Å². The predicted molar refractivity (Wildman–Crippen MR) is 81.9 cm³/mol. The fourth-order valence-electron chi connectivity index (χ4n) is 2.46. The minimum atomic E-state index is -0.532. The molecule has 0 saturated heterocycles. The van der Waals surface area contributed by atoms with Gasteiger partial charge in [-0.25, -0.2) is 0 Å². The lowest BCUT2D eigenvalue weighted by Gasteiger charge is -2.19. The summed E-state index contributed by atoms with van der Waals surface area (Å²) < 4.78 is 5.09. The number of fused-ring (bicyclic) bond motifs is 2. The van der Waals surface area contributed by atoms with Crippen molar-refractivity contribution >= 4 is 17.5 Å². The summed E-state index contributed by atoms with van der Waals surface area (Å²) in [4.78, 5) is 36.8. The molecule has 0 heterocycles. The fraction of sp³-hybridized carbons (Fsp3) is 0.167. The Labute approximate surface area is 132 Å². The molecule has 2 aromatic rings. The van der Waals surface area contributed by atoms with Crippen LogP contribution in [0.3, 0.4) is 0 Å². The highest BCUT2D eigenvalue weighted by atomic mass is 16.5. The molecule has 2 aromatic carbocycles. The predicted octanol–water partition coefficient (Wildman–Crippen LogP) is 2.73. The molecule has 0 bridgehead atoms. The monoisotopic (exact) mass is 310 g/mol. The van der Waals surface area contributed by atoms with Gasteiger partial charge in [0.25, 0.3) is 0 Å². The number of benzene rings is 2. The summed E-state index contributed by atoms with van der Waals surface area (Å²) in [6.07, 6.45) is 0. The van der Waals surface area contributed by atoms with Crippen molar-refractivity contribution < 1.29 is 24.2 Å². The zero-order valence-electron chi connectivity index (χ0n) is 12.6. The average Bonchev–Trinajstić information content (AvgIpc) is 2.54. The summed E-state index contributed by atoms with van der Waals surface area (Å²) in [7, 11) is 0. The third kappa shape index (κ3) is 2.30. The fourth-order valence-corrected chi connectivity index (χ4v) is 2.46. The van der Waals surface area contributed by atoms with Gasteiger partial charge in [-0.3, -0.25) is 14.4 Å². The van der Waals surface area contributed by atoms with Gasteiger partial charge in [-0.15, -0.1) is 0 Å². The second kappa shape index (κ2) is 5.35. The summed E-state index contributed by atoms with van der Waals surface area (Å²) in [5.41, 5.74) is 0.516. The summed E-state index contributed by atoms with van der Waals surface area (Å²) in [6, 6.07) is 9.15. The molecule has 0 aromatic heterocycles. The molecule has 1 aliphatic carbocycles. The molecular formula is C18H14O5. The van der Waals surface area contributed by atoms with Gasteiger partial charge in [0.1, 0.15) is 0 Å². The van der Waals surface area contributed by atoms with Crippen LogP contribution in [0, 0.1) is 5.92 Å². The standard InChI is InChI=1S/C18H14O5/c1-9(2)18(22)23-13-8-7-12-14(17(13)21)16(20)11-6-4-3-5-10(11)15(12)19/h3-9,21H,1-2H3. The normalized spacial score (nSPS) is 12.8. The number of hydrogen-bond acceptors (Lipinski definition) is 5. The number of phenols is 1. The molecule has 0 radical (unpaired) electrons. The molecule has 0 atom stereocenters. The Kier molecular flexibility index (Phi) is 3.48. The first-order valence-corrected chi connectivity index (χ1v) is 7.18.